The quantitative estimate of drug-likeness (QED) is 0.867. The smallest absolute Gasteiger partial charge is 0.106 e. The van der Waals surface area contributed by atoms with Crippen molar-refractivity contribution in [3.05, 3.63) is 59.4 Å². The summed E-state index contributed by atoms with van der Waals surface area (Å²) in [6.45, 7) is 6.37. The number of hydrogen-bond donors (Lipinski definition) is 2. The van der Waals surface area contributed by atoms with Gasteiger partial charge in [0.1, 0.15) is 5.60 Å². The number of nitrogens with one attached hydrogen (secondary N) is 1. The lowest BCUT2D eigenvalue weighted by atomic mass is 9.96. The number of aromatic nitrogens is 1. The summed E-state index contributed by atoms with van der Waals surface area (Å²) in [4.78, 5) is 0. The minimum Gasteiger partial charge on any atom is -0.384 e. The van der Waals surface area contributed by atoms with Crippen molar-refractivity contribution in [3.63, 3.8) is 0 Å². The van der Waals surface area contributed by atoms with E-state index in [1.54, 1.807) is 0 Å². The number of rotatable bonds is 4. The first-order chi connectivity index (χ1) is 8.50. The van der Waals surface area contributed by atoms with Gasteiger partial charge in [0, 0.05) is 11.4 Å². The number of nitrogens with zero attached hydrogens (tertiary/aromatic N) is 1. The van der Waals surface area contributed by atoms with Crippen molar-refractivity contribution in [2.45, 2.75) is 26.4 Å². The maximum absolute atomic E-state index is 10.5. The fourth-order valence-corrected chi connectivity index (χ4v) is 2.05. The molecule has 0 spiro atoms. The Labute approximate surface area is 108 Å². The van der Waals surface area contributed by atoms with E-state index in [-0.39, 0.29) is 0 Å². The van der Waals surface area contributed by atoms with Crippen LogP contribution in [0.2, 0.25) is 0 Å². The van der Waals surface area contributed by atoms with Crippen LogP contribution in [0.5, 0.6) is 0 Å². The molecule has 1 aromatic carbocycles. The third kappa shape index (κ3) is 2.57. The highest BCUT2D eigenvalue weighted by Crippen LogP contribution is 2.19. The topological polar surface area (TPSA) is 37.2 Å². The van der Waals surface area contributed by atoms with Gasteiger partial charge >= 0.3 is 0 Å². The van der Waals surface area contributed by atoms with E-state index < -0.39 is 5.60 Å². The van der Waals surface area contributed by atoms with Gasteiger partial charge in [-0.2, -0.15) is 0 Å². The van der Waals surface area contributed by atoms with Gasteiger partial charge in [-0.1, -0.05) is 30.3 Å². The first-order valence-corrected chi connectivity index (χ1v) is 6.17. The Balaban J connectivity index is 2.10. The summed E-state index contributed by atoms with van der Waals surface area (Å²) in [7, 11) is 0. The zero-order valence-corrected chi connectivity index (χ0v) is 11.1. The maximum atomic E-state index is 10.5. The Morgan fingerprint density at radius 1 is 1.06 bits per heavy atom. The van der Waals surface area contributed by atoms with E-state index in [1.807, 2.05) is 55.8 Å². The average molecular weight is 244 g/mol. The zero-order valence-electron chi connectivity index (χ0n) is 11.1. The SMILES string of the molecule is Cc1ccc(C)n1NCC(C)(O)c1ccccc1. The largest absolute Gasteiger partial charge is 0.384 e. The minimum absolute atomic E-state index is 0.466. The summed E-state index contributed by atoms with van der Waals surface area (Å²) in [6.07, 6.45) is 0. The molecule has 1 heterocycles. The molecule has 0 fully saturated rings. The molecule has 1 atom stereocenters. The Kier molecular flexibility index (Phi) is 3.43. The number of aliphatic hydroxyl groups is 1. The molecule has 0 bridgehead atoms. The summed E-state index contributed by atoms with van der Waals surface area (Å²) < 4.78 is 2.00. The van der Waals surface area contributed by atoms with Gasteiger partial charge in [0.25, 0.3) is 0 Å². The maximum Gasteiger partial charge on any atom is 0.106 e. The molecule has 0 radical (unpaired) electrons. The van der Waals surface area contributed by atoms with Crippen molar-refractivity contribution < 1.29 is 5.11 Å². The summed E-state index contributed by atoms with van der Waals surface area (Å²) in [6, 6.07) is 13.8. The molecule has 2 rings (SSSR count). The highest BCUT2D eigenvalue weighted by molar-refractivity contribution is 5.23. The first kappa shape index (κ1) is 12.7. The molecule has 1 aromatic heterocycles. The second kappa shape index (κ2) is 4.86. The van der Waals surface area contributed by atoms with Crippen LogP contribution in [0.15, 0.2) is 42.5 Å². The summed E-state index contributed by atoms with van der Waals surface area (Å²) in [5, 5.41) is 10.5. The summed E-state index contributed by atoms with van der Waals surface area (Å²) in [5.41, 5.74) is 5.57. The third-order valence-corrected chi connectivity index (χ3v) is 3.25. The van der Waals surface area contributed by atoms with Crippen molar-refractivity contribution in [3.8, 4) is 0 Å². The van der Waals surface area contributed by atoms with Gasteiger partial charge in [0.2, 0.25) is 0 Å². The van der Waals surface area contributed by atoms with Crippen LogP contribution in [0.4, 0.5) is 0 Å². The molecule has 2 N–H and O–H groups in total. The van der Waals surface area contributed by atoms with E-state index in [4.69, 9.17) is 0 Å². The molecule has 0 aliphatic rings. The fraction of sp³-hybridized carbons (Fsp3) is 0.333. The van der Waals surface area contributed by atoms with Gasteiger partial charge in [0.05, 0.1) is 6.54 Å². The molecule has 0 saturated heterocycles. The van der Waals surface area contributed by atoms with E-state index in [0.717, 1.165) is 17.0 Å². The molecule has 3 nitrogen and oxygen atoms in total. The van der Waals surface area contributed by atoms with E-state index in [2.05, 4.69) is 17.6 Å². The van der Waals surface area contributed by atoms with Crippen LogP contribution >= 0.6 is 0 Å². The van der Waals surface area contributed by atoms with Crippen LogP contribution < -0.4 is 5.43 Å². The number of benzene rings is 1. The predicted molar refractivity (Wildman–Crippen MR) is 74.1 cm³/mol. The Hall–Kier alpha value is -1.74. The summed E-state index contributed by atoms with van der Waals surface area (Å²) in [5.74, 6) is 0. The molecule has 18 heavy (non-hydrogen) atoms. The molecule has 1 unspecified atom stereocenters. The molecule has 0 aliphatic heterocycles. The summed E-state index contributed by atoms with van der Waals surface area (Å²) >= 11 is 0. The van der Waals surface area contributed by atoms with Gasteiger partial charge in [-0.3, -0.25) is 4.68 Å². The second-order valence-corrected chi connectivity index (χ2v) is 4.93. The van der Waals surface area contributed by atoms with E-state index in [1.165, 1.54) is 0 Å². The van der Waals surface area contributed by atoms with Gasteiger partial charge in [-0.05, 0) is 38.5 Å². The van der Waals surface area contributed by atoms with Gasteiger partial charge in [-0.25, -0.2) is 0 Å². The molecule has 0 amide bonds. The normalized spacial score (nSPS) is 14.2. The van der Waals surface area contributed by atoms with Crippen molar-refractivity contribution in [1.29, 1.82) is 0 Å². The van der Waals surface area contributed by atoms with E-state index in [0.29, 0.717) is 6.54 Å². The monoisotopic (exact) mass is 244 g/mol. The number of hydrogen-bond acceptors (Lipinski definition) is 2. The average Bonchev–Trinajstić information content (AvgIpc) is 2.68. The van der Waals surface area contributed by atoms with Crippen LogP contribution in [-0.4, -0.2) is 16.3 Å². The lowest BCUT2D eigenvalue weighted by Crippen LogP contribution is -2.35. The van der Waals surface area contributed by atoms with Crippen LogP contribution in [0, 0.1) is 13.8 Å². The lowest BCUT2D eigenvalue weighted by Gasteiger charge is -2.26. The molecule has 0 aliphatic carbocycles. The van der Waals surface area contributed by atoms with E-state index in [9.17, 15) is 5.11 Å². The van der Waals surface area contributed by atoms with Crippen LogP contribution in [0.25, 0.3) is 0 Å². The van der Waals surface area contributed by atoms with Crippen molar-refractivity contribution in [1.82, 2.24) is 4.68 Å². The number of aryl methyl sites for hydroxylation is 2. The van der Waals surface area contributed by atoms with Gasteiger partial charge in [-0.15, -0.1) is 0 Å². The molecule has 96 valence electrons. The van der Waals surface area contributed by atoms with E-state index >= 15 is 0 Å². The molecule has 3 heteroatoms. The molecule has 0 saturated carbocycles. The highest BCUT2D eigenvalue weighted by atomic mass is 16.3. The third-order valence-electron chi connectivity index (χ3n) is 3.25. The molecule has 2 aromatic rings. The Morgan fingerprint density at radius 3 is 2.17 bits per heavy atom. The fourth-order valence-electron chi connectivity index (χ4n) is 2.05. The lowest BCUT2D eigenvalue weighted by molar-refractivity contribution is 0.0685. The standard InChI is InChI=1S/C15H20N2O/c1-12-9-10-13(2)17(12)16-11-15(3,18)14-7-5-4-6-8-14/h4-10,16,18H,11H2,1-3H3. The predicted octanol–water partition coefficient (Wildman–Crippen LogP) is 2.56. The molecular weight excluding hydrogens is 224 g/mol. The molecular formula is C15H20N2O. The van der Waals surface area contributed by atoms with Crippen molar-refractivity contribution >= 4 is 0 Å². The second-order valence-electron chi connectivity index (χ2n) is 4.93. The zero-order chi connectivity index (χ0) is 13.2. The van der Waals surface area contributed by atoms with Crippen molar-refractivity contribution in [2.24, 2.45) is 0 Å². The Bertz CT molecular complexity index is 495. The Morgan fingerprint density at radius 2 is 1.61 bits per heavy atom. The highest BCUT2D eigenvalue weighted by Gasteiger charge is 2.22. The minimum atomic E-state index is -0.885. The van der Waals surface area contributed by atoms with Crippen LogP contribution in [0.1, 0.15) is 23.9 Å². The van der Waals surface area contributed by atoms with Gasteiger partial charge in [0.15, 0.2) is 0 Å². The van der Waals surface area contributed by atoms with Crippen molar-refractivity contribution in [2.75, 3.05) is 12.0 Å². The van der Waals surface area contributed by atoms with Crippen LogP contribution in [-0.2, 0) is 5.60 Å². The van der Waals surface area contributed by atoms with Crippen LogP contribution in [0.3, 0.4) is 0 Å². The van der Waals surface area contributed by atoms with Gasteiger partial charge < -0.3 is 10.5 Å². The first-order valence-electron chi connectivity index (χ1n) is 6.17.